The predicted octanol–water partition coefficient (Wildman–Crippen LogP) is 5.18. The van der Waals surface area contributed by atoms with Crippen LogP contribution in [0.25, 0.3) is 0 Å². The summed E-state index contributed by atoms with van der Waals surface area (Å²) < 4.78 is 5.38. The molecule has 0 fully saturated rings. The van der Waals surface area contributed by atoms with E-state index >= 15 is 0 Å². The van der Waals surface area contributed by atoms with Crippen LogP contribution < -0.4 is 10.1 Å². The molecule has 0 saturated carbocycles. The van der Waals surface area contributed by atoms with Gasteiger partial charge >= 0.3 is 0 Å². The van der Waals surface area contributed by atoms with E-state index in [9.17, 15) is 4.79 Å². The summed E-state index contributed by atoms with van der Waals surface area (Å²) in [6.07, 6.45) is 8.23. The molecule has 1 aliphatic carbocycles. The lowest BCUT2D eigenvalue weighted by molar-refractivity contribution is 0.0935. The highest BCUT2D eigenvalue weighted by Crippen LogP contribution is 2.27. The van der Waals surface area contributed by atoms with Crippen LogP contribution in [0.2, 0.25) is 0 Å². The van der Waals surface area contributed by atoms with Crippen molar-refractivity contribution < 1.29 is 9.53 Å². The lowest BCUT2D eigenvalue weighted by Gasteiger charge is -2.22. The summed E-state index contributed by atoms with van der Waals surface area (Å²) in [6.45, 7) is 5.90. The molecule has 1 atom stereocenters. The van der Waals surface area contributed by atoms with Crippen LogP contribution in [0.5, 0.6) is 5.75 Å². The highest BCUT2D eigenvalue weighted by molar-refractivity contribution is 5.94. The van der Waals surface area contributed by atoms with Crippen LogP contribution in [0, 0.1) is 0 Å². The van der Waals surface area contributed by atoms with Crippen LogP contribution in [0.3, 0.4) is 0 Å². The normalized spacial score (nSPS) is 14.1. The molecule has 0 aromatic heterocycles. The van der Waals surface area contributed by atoms with Crippen molar-refractivity contribution in [2.24, 2.45) is 0 Å². The SMILES string of the molecule is C=CCc1cc(C(=O)N[C@@H](CC)c2ccc3c(c2)CCCC3)ccc1OC. The van der Waals surface area contributed by atoms with Crippen LogP contribution in [-0.4, -0.2) is 13.0 Å². The van der Waals surface area contributed by atoms with Gasteiger partial charge in [-0.2, -0.15) is 0 Å². The Morgan fingerprint density at radius 1 is 1.19 bits per heavy atom. The number of hydrogen-bond acceptors (Lipinski definition) is 2. The molecule has 0 aliphatic heterocycles. The van der Waals surface area contributed by atoms with Crippen molar-refractivity contribution >= 4 is 5.91 Å². The lowest BCUT2D eigenvalue weighted by Crippen LogP contribution is -2.28. The number of amides is 1. The van der Waals surface area contributed by atoms with Crippen LogP contribution in [-0.2, 0) is 19.3 Å². The van der Waals surface area contributed by atoms with Crippen molar-refractivity contribution in [3.05, 3.63) is 76.9 Å². The number of hydrogen-bond donors (Lipinski definition) is 1. The molecule has 142 valence electrons. The number of carbonyl (C=O) groups is 1. The highest BCUT2D eigenvalue weighted by atomic mass is 16.5. The van der Waals surface area contributed by atoms with E-state index < -0.39 is 0 Å². The third kappa shape index (κ3) is 4.41. The largest absolute Gasteiger partial charge is 0.496 e. The molecule has 0 spiro atoms. The van der Waals surface area contributed by atoms with Crippen molar-refractivity contribution in [2.45, 2.75) is 51.5 Å². The zero-order chi connectivity index (χ0) is 19.2. The third-order valence-corrected chi connectivity index (χ3v) is 5.40. The minimum Gasteiger partial charge on any atom is -0.496 e. The molecule has 0 saturated heterocycles. The van der Waals surface area contributed by atoms with Crippen molar-refractivity contribution in [3.63, 3.8) is 0 Å². The second-order valence-corrected chi connectivity index (χ2v) is 7.19. The Bertz CT molecular complexity index is 825. The number of benzene rings is 2. The molecular weight excluding hydrogens is 334 g/mol. The molecule has 1 N–H and O–H groups in total. The smallest absolute Gasteiger partial charge is 0.251 e. The summed E-state index contributed by atoms with van der Waals surface area (Å²) in [5, 5.41) is 3.21. The Morgan fingerprint density at radius 2 is 1.96 bits per heavy atom. The summed E-state index contributed by atoms with van der Waals surface area (Å²) in [5.74, 6) is 0.737. The molecule has 0 unspecified atom stereocenters. The maximum atomic E-state index is 12.9. The van der Waals surface area contributed by atoms with E-state index in [-0.39, 0.29) is 11.9 Å². The maximum Gasteiger partial charge on any atom is 0.251 e. The molecule has 0 heterocycles. The summed E-state index contributed by atoms with van der Waals surface area (Å²) in [7, 11) is 1.64. The molecule has 3 heteroatoms. The van der Waals surface area contributed by atoms with Gasteiger partial charge in [-0.1, -0.05) is 31.2 Å². The number of methoxy groups -OCH3 is 1. The van der Waals surface area contributed by atoms with Crippen LogP contribution >= 0.6 is 0 Å². The summed E-state index contributed by atoms with van der Waals surface area (Å²) in [5.41, 5.74) is 5.75. The van der Waals surface area contributed by atoms with Crippen LogP contribution in [0.4, 0.5) is 0 Å². The minimum absolute atomic E-state index is 0.0229. The Labute approximate surface area is 162 Å². The highest BCUT2D eigenvalue weighted by Gasteiger charge is 2.18. The van der Waals surface area contributed by atoms with Gasteiger partial charge in [0.05, 0.1) is 13.2 Å². The van der Waals surface area contributed by atoms with Crippen LogP contribution in [0.15, 0.2) is 49.1 Å². The van der Waals surface area contributed by atoms with E-state index in [1.54, 1.807) is 7.11 Å². The van der Waals surface area contributed by atoms with Gasteiger partial charge in [0, 0.05) is 5.56 Å². The van der Waals surface area contributed by atoms with E-state index in [0.29, 0.717) is 12.0 Å². The zero-order valence-corrected chi connectivity index (χ0v) is 16.4. The summed E-state index contributed by atoms with van der Waals surface area (Å²) >= 11 is 0. The Kier molecular flexibility index (Phi) is 6.33. The molecule has 0 radical (unpaired) electrons. The summed E-state index contributed by atoms with van der Waals surface area (Å²) in [4.78, 5) is 12.9. The van der Waals surface area contributed by atoms with Gasteiger partial charge in [0.25, 0.3) is 5.91 Å². The first kappa shape index (κ1) is 19.2. The topological polar surface area (TPSA) is 38.3 Å². The Morgan fingerprint density at radius 3 is 2.67 bits per heavy atom. The van der Waals surface area contributed by atoms with E-state index in [1.807, 2.05) is 24.3 Å². The zero-order valence-electron chi connectivity index (χ0n) is 16.4. The quantitative estimate of drug-likeness (QED) is 0.688. The fraction of sp³-hybridized carbons (Fsp3) is 0.375. The number of fused-ring (bicyclic) bond motifs is 1. The Balaban J connectivity index is 1.79. The fourth-order valence-electron chi connectivity index (χ4n) is 3.87. The third-order valence-electron chi connectivity index (χ3n) is 5.40. The van der Waals surface area contributed by atoms with Gasteiger partial charge in [0.1, 0.15) is 5.75 Å². The molecule has 2 aromatic carbocycles. The number of rotatable bonds is 7. The number of carbonyl (C=O) groups excluding carboxylic acids is 1. The first-order chi connectivity index (χ1) is 13.2. The van der Waals surface area contributed by atoms with Gasteiger partial charge in [0.2, 0.25) is 0 Å². The second-order valence-electron chi connectivity index (χ2n) is 7.19. The molecule has 1 aliphatic rings. The van der Waals surface area contributed by atoms with Crippen molar-refractivity contribution in [2.75, 3.05) is 7.11 Å². The first-order valence-corrected chi connectivity index (χ1v) is 9.86. The van der Waals surface area contributed by atoms with E-state index in [4.69, 9.17) is 4.74 Å². The van der Waals surface area contributed by atoms with E-state index in [2.05, 4.69) is 37.0 Å². The molecule has 3 nitrogen and oxygen atoms in total. The van der Waals surface area contributed by atoms with Gasteiger partial charge in [-0.05, 0) is 79.0 Å². The molecule has 27 heavy (non-hydrogen) atoms. The number of allylic oxidation sites excluding steroid dienone is 1. The monoisotopic (exact) mass is 363 g/mol. The van der Waals surface area contributed by atoms with Crippen molar-refractivity contribution in [3.8, 4) is 5.75 Å². The number of ether oxygens (including phenoxy) is 1. The van der Waals surface area contributed by atoms with Crippen LogP contribution in [0.1, 0.15) is 64.8 Å². The van der Waals surface area contributed by atoms with Gasteiger partial charge < -0.3 is 10.1 Å². The fourth-order valence-corrected chi connectivity index (χ4v) is 3.87. The molecule has 3 rings (SSSR count). The van der Waals surface area contributed by atoms with Crippen molar-refractivity contribution in [1.29, 1.82) is 0 Å². The standard InChI is InChI=1S/C24H29NO2/c1-4-8-20-16-21(13-14-23(20)27-3)24(26)25-22(5-2)19-12-11-17-9-6-7-10-18(17)15-19/h4,11-16,22H,1,5-10H2,2-3H3,(H,25,26)/t22-/m0/s1. The van der Waals surface area contributed by atoms with Gasteiger partial charge in [-0.3, -0.25) is 4.79 Å². The summed E-state index contributed by atoms with van der Waals surface area (Å²) in [6, 6.07) is 12.3. The minimum atomic E-state index is -0.0486. The van der Waals surface area contributed by atoms with Gasteiger partial charge in [0.15, 0.2) is 0 Å². The Hall–Kier alpha value is -2.55. The average molecular weight is 364 g/mol. The lowest BCUT2D eigenvalue weighted by atomic mass is 9.88. The number of nitrogens with one attached hydrogen (secondary N) is 1. The average Bonchev–Trinajstić information content (AvgIpc) is 2.71. The molecule has 2 aromatic rings. The van der Waals surface area contributed by atoms with E-state index in [1.165, 1.54) is 36.0 Å². The first-order valence-electron chi connectivity index (χ1n) is 9.86. The second kappa shape index (κ2) is 8.90. The predicted molar refractivity (Wildman–Crippen MR) is 110 cm³/mol. The molecular formula is C24H29NO2. The van der Waals surface area contributed by atoms with Gasteiger partial charge in [-0.15, -0.1) is 6.58 Å². The van der Waals surface area contributed by atoms with Gasteiger partial charge in [-0.25, -0.2) is 0 Å². The van der Waals surface area contributed by atoms with Crippen molar-refractivity contribution in [1.82, 2.24) is 5.32 Å². The van der Waals surface area contributed by atoms with E-state index in [0.717, 1.165) is 24.2 Å². The molecule has 0 bridgehead atoms. The number of aryl methyl sites for hydroxylation is 2. The maximum absolute atomic E-state index is 12.9. The molecule has 1 amide bonds.